The van der Waals surface area contributed by atoms with Crippen molar-refractivity contribution in [2.24, 2.45) is 0 Å². The van der Waals surface area contributed by atoms with Gasteiger partial charge in [0, 0.05) is 5.56 Å². The lowest BCUT2D eigenvalue weighted by Crippen LogP contribution is -2.08. The van der Waals surface area contributed by atoms with Crippen molar-refractivity contribution >= 4 is 16.8 Å². The fourth-order valence-corrected chi connectivity index (χ4v) is 1.60. The predicted octanol–water partition coefficient (Wildman–Crippen LogP) is 2.39. The van der Waals surface area contributed by atoms with E-state index >= 15 is 0 Å². The molecule has 68 valence electrons. The van der Waals surface area contributed by atoms with Gasteiger partial charge in [-0.15, -0.1) is 0 Å². The van der Waals surface area contributed by atoms with Gasteiger partial charge in [0.1, 0.15) is 5.75 Å². The third-order valence-corrected chi connectivity index (χ3v) is 2.35. The molecule has 1 aliphatic rings. The van der Waals surface area contributed by atoms with Gasteiger partial charge in [-0.3, -0.25) is 4.79 Å². The summed E-state index contributed by atoms with van der Waals surface area (Å²) in [7, 11) is 0. The van der Waals surface area contributed by atoms with E-state index in [1.165, 1.54) is 0 Å². The van der Waals surface area contributed by atoms with Crippen molar-refractivity contribution in [2.75, 3.05) is 6.61 Å². The van der Waals surface area contributed by atoms with Gasteiger partial charge < -0.3 is 4.74 Å². The highest BCUT2D eigenvalue weighted by atomic mass is 35.5. The van der Waals surface area contributed by atoms with Crippen LogP contribution < -0.4 is 4.74 Å². The molecule has 13 heavy (non-hydrogen) atoms. The van der Waals surface area contributed by atoms with Crippen LogP contribution in [-0.2, 0) is 6.42 Å². The fourth-order valence-electron chi connectivity index (χ4n) is 1.48. The fraction of sp³-hybridized carbons (Fsp3) is 0.300. The molecule has 1 heterocycles. The lowest BCUT2D eigenvalue weighted by atomic mass is 10.0. The van der Waals surface area contributed by atoms with Crippen molar-refractivity contribution in [2.45, 2.75) is 12.8 Å². The molecule has 2 rings (SSSR count). The van der Waals surface area contributed by atoms with E-state index in [2.05, 4.69) is 0 Å². The lowest BCUT2D eigenvalue weighted by Gasteiger charge is -2.16. The monoisotopic (exact) mass is 196 g/mol. The van der Waals surface area contributed by atoms with Crippen molar-refractivity contribution < 1.29 is 9.53 Å². The maximum Gasteiger partial charge on any atom is 0.252 e. The molecule has 0 fully saturated rings. The van der Waals surface area contributed by atoms with Crippen molar-refractivity contribution in [3.05, 3.63) is 29.3 Å². The van der Waals surface area contributed by atoms with Crippen LogP contribution in [-0.4, -0.2) is 11.8 Å². The number of ether oxygens (including phenoxy) is 1. The largest absolute Gasteiger partial charge is 0.493 e. The molecule has 0 unspecified atom stereocenters. The minimum atomic E-state index is -0.409. The quantitative estimate of drug-likeness (QED) is 0.645. The van der Waals surface area contributed by atoms with E-state index in [4.69, 9.17) is 16.3 Å². The van der Waals surface area contributed by atoms with Crippen LogP contribution in [0.5, 0.6) is 5.75 Å². The zero-order valence-corrected chi connectivity index (χ0v) is 7.80. The topological polar surface area (TPSA) is 26.3 Å². The van der Waals surface area contributed by atoms with Crippen molar-refractivity contribution in [3.63, 3.8) is 0 Å². The Balaban J connectivity index is 2.40. The molecule has 0 aromatic heterocycles. The molecule has 1 aliphatic heterocycles. The van der Waals surface area contributed by atoms with Crippen molar-refractivity contribution in [1.82, 2.24) is 0 Å². The summed E-state index contributed by atoms with van der Waals surface area (Å²) in [6.45, 7) is 0.765. The minimum Gasteiger partial charge on any atom is -0.493 e. The molecule has 0 spiro atoms. The number of rotatable bonds is 1. The summed E-state index contributed by atoms with van der Waals surface area (Å²) in [5, 5.41) is -0.409. The van der Waals surface area contributed by atoms with Crippen LogP contribution in [0.3, 0.4) is 0 Å². The Morgan fingerprint density at radius 2 is 2.31 bits per heavy atom. The molecule has 0 radical (unpaired) electrons. The summed E-state index contributed by atoms with van der Waals surface area (Å²) < 4.78 is 5.40. The highest BCUT2D eigenvalue weighted by Crippen LogP contribution is 2.25. The maximum absolute atomic E-state index is 10.9. The molecule has 0 amide bonds. The van der Waals surface area contributed by atoms with Crippen LogP contribution in [0.25, 0.3) is 0 Å². The Hall–Kier alpha value is -1.02. The van der Waals surface area contributed by atoms with Crippen LogP contribution in [0.2, 0.25) is 0 Å². The van der Waals surface area contributed by atoms with Crippen molar-refractivity contribution in [1.29, 1.82) is 0 Å². The molecular formula is C10H9ClO2. The Bertz CT molecular complexity index is 347. The molecule has 0 saturated carbocycles. The van der Waals surface area contributed by atoms with Gasteiger partial charge in [-0.1, -0.05) is 0 Å². The van der Waals surface area contributed by atoms with Crippen LogP contribution >= 0.6 is 11.6 Å². The third-order valence-electron chi connectivity index (χ3n) is 2.14. The van der Waals surface area contributed by atoms with E-state index in [9.17, 15) is 4.79 Å². The van der Waals surface area contributed by atoms with Gasteiger partial charge in [0.25, 0.3) is 5.24 Å². The summed E-state index contributed by atoms with van der Waals surface area (Å²) in [5.74, 6) is 0.882. The molecule has 0 bridgehead atoms. The highest BCUT2D eigenvalue weighted by molar-refractivity contribution is 6.67. The van der Waals surface area contributed by atoms with E-state index < -0.39 is 5.24 Å². The molecule has 2 nitrogen and oxygen atoms in total. The van der Waals surface area contributed by atoms with Gasteiger partial charge in [0.15, 0.2) is 0 Å². The van der Waals surface area contributed by atoms with Gasteiger partial charge in [-0.25, -0.2) is 0 Å². The van der Waals surface area contributed by atoms with Crippen LogP contribution in [0.15, 0.2) is 18.2 Å². The number of benzene rings is 1. The standard InChI is InChI=1S/C10H9ClO2/c11-10(12)8-3-4-9-7(6-8)2-1-5-13-9/h3-4,6H,1-2,5H2. The van der Waals surface area contributed by atoms with Crippen LogP contribution in [0.4, 0.5) is 0 Å². The first-order chi connectivity index (χ1) is 6.27. The molecule has 1 aromatic carbocycles. The van der Waals surface area contributed by atoms with Gasteiger partial charge in [-0.2, -0.15) is 0 Å². The van der Waals surface area contributed by atoms with Gasteiger partial charge in [0.2, 0.25) is 0 Å². The zero-order chi connectivity index (χ0) is 9.26. The third kappa shape index (κ3) is 1.68. The predicted molar refractivity (Wildman–Crippen MR) is 50.4 cm³/mol. The highest BCUT2D eigenvalue weighted by Gasteiger charge is 2.12. The minimum absolute atomic E-state index is 0.409. The molecule has 0 saturated heterocycles. The maximum atomic E-state index is 10.9. The number of halogens is 1. The zero-order valence-electron chi connectivity index (χ0n) is 7.05. The second-order valence-electron chi connectivity index (χ2n) is 3.05. The summed E-state index contributed by atoms with van der Waals surface area (Å²) in [6.07, 6.45) is 1.97. The number of aryl methyl sites for hydroxylation is 1. The van der Waals surface area contributed by atoms with Crippen LogP contribution in [0.1, 0.15) is 22.3 Å². The molecule has 0 aliphatic carbocycles. The van der Waals surface area contributed by atoms with Crippen LogP contribution in [0, 0.1) is 0 Å². The molecule has 0 N–H and O–H groups in total. The van der Waals surface area contributed by atoms with Gasteiger partial charge in [0.05, 0.1) is 6.61 Å². The molecular weight excluding hydrogens is 188 g/mol. The van der Waals surface area contributed by atoms with Gasteiger partial charge >= 0.3 is 0 Å². The van der Waals surface area contributed by atoms with Gasteiger partial charge in [-0.05, 0) is 48.2 Å². The average Bonchev–Trinajstić information content (AvgIpc) is 2.17. The van der Waals surface area contributed by atoms with E-state index in [0.29, 0.717) is 5.56 Å². The summed E-state index contributed by atoms with van der Waals surface area (Å²) >= 11 is 5.37. The van der Waals surface area contributed by atoms with E-state index in [-0.39, 0.29) is 0 Å². The smallest absolute Gasteiger partial charge is 0.252 e. The first-order valence-electron chi connectivity index (χ1n) is 4.23. The normalized spacial score (nSPS) is 14.5. The lowest BCUT2D eigenvalue weighted by molar-refractivity contribution is 0.108. The Morgan fingerprint density at radius 3 is 3.08 bits per heavy atom. The first-order valence-corrected chi connectivity index (χ1v) is 4.61. The second kappa shape index (κ2) is 3.38. The number of carbonyl (C=O) groups is 1. The van der Waals surface area contributed by atoms with E-state index in [1.54, 1.807) is 6.07 Å². The average molecular weight is 197 g/mol. The number of hydrogen-bond acceptors (Lipinski definition) is 2. The Labute approximate surface area is 81.5 Å². The van der Waals surface area contributed by atoms with E-state index in [0.717, 1.165) is 30.8 Å². The summed E-state index contributed by atoms with van der Waals surface area (Å²) in [5.41, 5.74) is 1.63. The van der Waals surface area contributed by atoms with E-state index in [1.807, 2.05) is 12.1 Å². The Kier molecular flexibility index (Phi) is 2.23. The number of carbonyl (C=O) groups excluding carboxylic acids is 1. The summed E-state index contributed by atoms with van der Waals surface area (Å²) in [4.78, 5) is 10.9. The van der Waals surface area contributed by atoms with Crippen molar-refractivity contribution in [3.8, 4) is 5.75 Å². The summed E-state index contributed by atoms with van der Waals surface area (Å²) in [6, 6.07) is 5.31. The SMILES string of the molecule is O=C(Cl)c1ccc2c(c1)CCCO2. The Morgan fingerprint density at radius 1 is 1.46 bits per heavy atom. The number of hydrogen-bond donors (Lipinski definition) is 0. The first kappa shape index (κ1) is 8.57. The molecule has 1 aromatic rings. The molecule has 0 atom stereocenters. The second-order valence-corrected chi connectivity index (χ2v) is 3.39. The molecule has 3 heteroatoms. The number of fused-ring (bicyclic) bond motifs is 1.